The molecule has 0 aromatic rings. The summed E-state index contributed by atoms with van der Waals surface area (Å²) in [7, 11) is 0. The van der Waals surface area contributed by atoms with Crippen molar-refractivity contribution in [2.24, 2.45) is 0 Å². The zero-order valence-electron chi connectivity index (χ0n) is 5.76. The van der Waals surface area contributed by atoms with Crippen LogP contribution in [0.3, 0.4) is 0 Å². The molecule has 1 rings (SSSR count). The Hall–Kier alpha value is -0.760. The summed E-state index contributed by atoms with van der Waals surface area (Å²) in [5.41, 5.74) is 0.692. The second-order valence-corrected chi connectivity index (χ2v) is 2.68. The molecule has 52 valence electrons. The Morgan fingerprint density at radius 2 is 2.40 bits per heavy atom. The van der Waals surface area contributed by atoms with Crippen LogP contribution >= 0.6 is 12.2 Å². The lowest BCUT2D eigenvalue weighted by Crippen LogP contribution is -2.08. The molecule has 0 N–H and O–H groups in total. The van der Waals surface area contributed by atoms with Gasteiger partial charge in [0, 0.05) is 16.9 Å². The molecule has 0 aromatic carbocycles. The topological polar surface area (TPSA) is 17.1 Å². The van der Waals surface area contributed by atoms with Gasteiger partial charge in [0.2, 0.25) is 0 Å². The summed E-state index contributed by atoms with van der Waals surface area (Å²) in [5, 5.41) is 0. The minimum absolute atomic E-state index is 0.0642. The Balaban J connectivity index is 2.91. The van der Waals surface area contributed by atoms with E-state index in [2.05, 4.69) is 0 Å². The third-order valence-corrected chi connectivity index (χ3v) is 1.77. The zero-order chi connectivity index (χ0) is 7.56. The predicted octanol–water partition coefficient (Wildman–Crippen LogP) is 1.83. The molecule has 2 heteroatoms. The van der Waals surface area contributed by atoms with Crippen LogP contribution in [0.4, 0.5) is 0 Å². The minimum atomic E-state index is 0.0642. The number of rotatable bonds is 1. The molecule has 1 nitrogen and oxygen atoms in total. The highest BCUT2D eigenvalue weighted by atomic mass is 32.1. The average Bonchev–Trinajstić information content (AvgIpc) is 1.88. The number of allylic oxidation sites excluding steroid dienone is 4. The maximum absolute atomic E-state index is 10.8. The zero-order valence-corrected chi connectivity index (χ0v) is 6.57. The van der Waals surface area contributed by atoms with Crippen molar-refractivity contribution in [1.82, 2.24) is 0 Å². The fraction of sp³-hybridized carbons (Fsp3) is 0.250. The lowest BCUT2D eigenvalue weighted by atomic mass is 10.0. The van der Waals surface area contributed by atoms with Crippen LogP contribution in [-0.2, 0) is 4.79 Å². The molecule has 0 radical (unpaired) electrons. The molecular weight excluding hydrogens is 144 g/mol. The first kappa shape index (κ1) is 7.35. The van der Waals surface area contributed by atoms with Crippen molar-refractivity contribution >= 4 is 22.9 Å². The van der Waals surface area contributed by atoms with Crippen LogP contribution in [0.15, 0.2) is 23.8 Å². The van der Waals surface area contributed by atoms with E-state index < -0.39 is 0 Å². The molecule has 1 aliphatic rings. The number of hydrogen-bond acceptors (Lipinski definition) is 2. The molecule has 0 aliphatic heterocycles. The Labute approximate surface area is 65.4 Å². The molecule has 0 fully saturated rings. The van der Waals surface area contributed by atoms with Gasteiger partial charge >= 0.3 is 0 Å². The molecule has 0 amide bonds. The number of carbonyl (C=O) groups is 1. The van der Waals surface area contributed by atoms with Gasteiger partial charge in [0.05, 0.1) is 0 Å². The van der Waals surface area contributed by atoms with Crippen molar-refractivity contribution < 1.29 is 4.79 Å². The van der Waals surface area contributed by atoms with E-state index in [-0.39, 0.29) is 5.78 Å². The number of carbonyl (C=O) groups excluding carboxylic acids is 1. The predicted molar refractivity (Wildman–Crippen MR) is 45.1 cm³/mol. The van der Waals surface area contributed by atoms with Crippen LogP contribution in [0, 0.1) is 0 Å². The van der Waals surface area contributed by atoms with Crippen LogP contribution in [-0.4, -0.2) is 10.6 Å². The van der Waals surface area contributed by atoms with Crippen LogP contribution < -0.4 is 0 Å². The summed E-state index contributed by atoms with van der Waals surface area (Å²) in [6, 6.07) is 0. The molecule has 0 saturated heterocycles. The fourth-order valence-electron chi connectivity index (χ4n) is 0.856. The minimum Gasteiger partial charge on any atom is -0.294 e. The van der Waals surface area contributed by atoms with Crippen molar-refractivity contribution in [3.8, 4) is 0 Å². The van der Waals surface area contributed by atoms with Crippen molar-refractivity contribution in [1.29, 1.82) is 0 Å². The van der Waals surface area contributed by atoms with Gasteiger partial charge in [0.15, 0.2) is 5.78 Å². The van der Waals surface area contributed by atoms with Crippen molar-refractivity contribution in [2.75, 3.05) is 0 Å². The molecule has 0 bridgehead atoms. The van der Waals surface area contributed by atoms with Crippen LogP contribution in [0.5, 0.6) is 0 Å². The van der Waals surface area contributed by atoms with Gasteiger partial charge in [-0.05, 0) is 6.92 Å². The molecule has 0 atom stereocenters. The van der Waals surface area contributed by atoms with E-state index >= 15 is 0 Å². The first-order valence-corrected chi connectivity index (χ1v) is 3.53. The van der Waals surface area contributed by atoms with Crippen molar-refractivity contribution in [2.45, 2.75) is 13.3 Å². The Kier molecular flexibility index (Phi) is 2.12. The molecule has 0 saturated carbocycles. The first-order valence-electron chi connectivity index (χ1n) is 3.13. The Morgan fingerprint density at radius 1 is 1.70 bits per heavy atom. The third kappa shape index (κ3) is 1.39. The number of ketones is 1. The first-order chi connectivity index (χ1) is 4.72. The molecule has 0 unspecified atom stereocenters. The standard InChI is InChI=1S/C8H8OS/c1-6(9)7-4-2-3-5-8(7)10/h2-4H,5H2,1H3. The molecule has 10 heavy (non-hydrogen) atoms. The maximum Gasteiger partial charge on any atom is 0.160 e. The van der Waals surface area contributed by atoms with Gasteiger partial charge in [0.1, 0.15) is 0 Å². The van der Waals surface area contributed by atoms with E-state index in [9.17, 15) is 4.79 Å². The highest BCUT2D eigenvalue weighted by molar-refractivity contribution is 7.81. The summed E-state index contributed by atoms with van der Waals surface area (Å²) >= 11 is 4.96. The van der Waals surface area contributed by atoms with Crippen molar-refractivity contribution in [3.63, 3.8) is 0 Å². The highest BCUT2D eigenvalue weighted by Gasteiger charge is 2.09. The summed E-state index contributed by atoms with van der Waals surface area (Å²) in [5.74, 6) is 0.0642. The summed E-state index contributed by atoms with van der Waals surface area (Å²) < 4.78 is 0. The summed E-state index contributed by atoms with van der Waals surface area (Å²) in [6.07, 6.45) is 6.33. The van der Waals surface area contributed by atoms with Gasteiger partial charge in [-0.3, -0.25) is 4.79 Å². The van der Waals surface area contributed by atoms with Gasteiger partial charge < -0.3 is 0 Å². The monoisotopic (exact) mass is 152 g/mol. The lowest BCUT2D eigenvalue weighted by molar-refractivity contribution is -0.113. The SMILES string of the molecule is CC(=O)C1=CC=CCC1=S. The number of Topliss-reactive ketones (excluding diaryl/α,β-unsaturated/α-hetero) is 1. The largest absolute Gasteiger partial charge is 0.294 e. The van der Waals surface area contributed by atoms with E-state index in [4.69, 9.17) is 12.2 Å². The van der Waals surface area contributed by atoms with E-state index in [0.29, 0.717) is 5.57 Å². The van der Waals surface area contributed by atoms with E-state index in [1.807, 2.05) is 12.2 Å². The van der Waals surface area contributed by atoms with Crippen LogP contribution in [0.2, 0.25) is 0 Å². The van der Waals surface area contributed by atoms with E-state index in [0.717, 1.165) is 11.3 Å². The fourth-order valence-corrected chi connectivity index (χ4v) is 1.16. The smallest absolute Gasteiger partial charge is 0.160 e. The molecule has 0 spiro atoms. The van der Waals surface area contributed by atoms with Gasteiger partial charge in [-0.1, -0.05) is 30.4 Å². The number of thiocarbonyl (C=S) groups is 1. The van der Waals surface area contributed by atoms with E-state index in [1.165, 1.54) is 6.92 Å². The number of hydrogen-bond donors (Lipinski definition) is 0. The van der Waals surface area contributed by atoms with Crippen LogP contribution in [0.25, 0.3) is 0 Å². The second kappa shape index (κ2) is 2.88. The normalized spacial score (nSPS) is 16.9. The Morgan fingerprint density at radius 3 is 2.80 bits per heavy atom. The molecule has 1 aliphatic carbocycles. The molecule has 0 heterocycles. The molecular formula is C8H8OS. The van der Waals surface area contributed by atoms with E-state index in [1.54, 1.807) is 6.08 Å². The lowest BCUT2D eigenvalue weighted by Gasteiger charge is -2.05. The van der Waals surface area contributed by atoms with Gasteiger partial charge in [-0.25, -0.2) is 0 Å². The van der Waals surface area contributed by atoms with Gasteiger partial charge in [-0.2, -0.15) is 0 Å². The average molecular weight is 152 g/mol. The van der Waals surface area contributed by atoms with Gasteiger partial charge in [-0.15, -0.1) is 0 Å². The molecule has 0 aromatic heterocycles. The van der Waals surface area contributed by atoms with Gasteiger partial charge in [0.25, 0.3) is 0 Å². The van der Waals surface area contributed by atoms with Crippen molar-refractivity contribution in [3.05, 3.63) is 23.8 Å². The Bertz CT molecular complexity index is 236. The quantitative estimate of drug-likeness (QED) is 0.533. The maximum atomic E-state index is 10.8. The second-order valence-electron chi connectivity index (χ2n) is 2.19. The van der Waals surface area contributed by atoms with Crippen LogP contribution in [0.1, 0.15) is 13.3 Å². The summed E-state index contributed by atoms with van der Waals surface area (Å²) in [4.78, 5) is 11.6. The third-order valence-electron chi connectivity index (χ3n) is 1.38. The summed E-state index contributed by atoms with van der Waals surface area (Å²) in [6.45, 7) is 1.54. The highest BCUT2D eigenvalue weighted by Crippen LogP contribution is 2.10.